The van der Waals surface area contributed by atoms with Gasteiger partial charge in [-0.05, 0) is 0 Å². The molecule has 0 radical (unpaired) electrons. The topological polar surface area (TPSA) is 61.1 Å². The number of aromatic nitrogens is 2. The second kappa shape index (κ2) is 4.84. The fourth-order valence-electron chi connectivity index (χ4n) is 1.57. The van der Waals surface area contributed by atoms with Crippen LogP contribution in [0.5, 0.6) is 0 Å². The molecule has 0 fully saturated rings. The zero-order valence-corrected chi connectivity index (χ0v) is 11.7. The molecule has 0 saturated carbocycles. The van der Waals surface area contributed by atoms with E-state index in [2.05, 4.69) is 0 Å². The van der Waals surface area contributed by atoms with Crippen LogP contribution in [-0.4, -0.2) is 23.0 Å². The average molecular weight is 311 g/mol. The normalized spacial score (nSPS) is 12.3. The van der Waals surface area contributed by atoms with Crippen LogP contribution in [0.1, 0.15) is 0 Å². The van der Waals surface area contributed by atoms with Crippen molar-refractivity contribution in [2.75, 3.05) is 0 Å². The number of hydrogen-bond acceptors (Lipinski definition) is 3. The maximum atomic E-state index is 12.4. The summed E-state index contributed by atoms with van der Waals surface area (Å²) in [7, 11) is 2.92. The van der Waals surface area contributed by atoms with Crippen LogP contribution in [0, 0.1) is 0 Å². The summed E-state index contributed by atoms with van der Waals surface area (Å²) >= 11 is -2.63. The van der Waals surface area contributed by atoms with E-state index in [0.29, 0.717) is 4.46 Å². The molecule has 1 aromatic heterocycles. The quantitative estimate of drug-likeness (QED) is 0.642. The molecule has 0 aliphatic rings. The summed E-state index contributed by atoms with van der Waals surface area (Å²) in [5, 5.41) is 0. The van der Waals surface area contributed by atoms with Crippen molar-refractivity contribution >= 4 is 22.8 Å². The van der Waals surface area contributed by atoms with E-state index in [1.807, 2.05) is 6.07 Å². The Morgan fingerprint density at radius 1 is 1.06 bits per heavy atom. The fourth-order valence-corrected chi connectivity index (χ4v) is 4.11. The van der Waals surface area contributed by atoms with Crippen LogP contribution < -0.4 is 20.2 Å². The van der Waals surface area contributed by atoms with E-state index >= 15 is 0 Å². The van der Waals surface area contributed by atoms with Crippen molar-refractivity contribution in [3.8, 4) is 0 Å². The molecule has 6 heteroatoms. The van der Waals surface area contributed by atoms with Crippen molar-refractivity contribution < 1.29 is 3.83 Å². The van der Waals surface area contributed by atoms with E-state index in [0.717, 1.165) is 4.57 Å². The summed E-state index contributed by atoms with van der Waals surface area (Å²) in [5.41, 5.74) is -0.905. The molecule has 0 saturated heterocycles. The second-order valence-electron chi connectivity index (χ2n) is 3.83. The molecule has 0 aliphatic carbocycles. The van der Waals surface area contributed by atoms with Gasteiger partial charge in [0.05, 0.1) is 0 Å². The Hall–Kier alpha value is -1.78. The first kappa shape index (κ1) is 12.7. The Labute approximate surface area is 107 Å². The van der Waals surface area contributed by atoms with Crippen LogP contribution in [0.2, 0.25) is 0 Å². The standard InChI is InChI=1S/C12H12N2O3Se/c1-13-8-10(11(15)14(2)12(13)16)18(17)9-6-4-3-5-7-9/h3-8H,1-2H3. The second-order valence-corrected chi connectivity index (χ2v) is 6.87. The number of aryl methyl sites for hydroxylation is 1. The number of nitrogens with zero attached hydrogens (tertiary/aromatic N) is 2. The first-order chi connectivity index (χ1) is 8.52. The van der Waals surface area contributed by atoms with Gasteiger partial charge in [0, 0.05) is 0 Å². The van der Waals surface area contributed by atoms with Crippen LogP contribution in [0.25, 0.3) is 0 Å². The molecule has 2 aromatic rings. The molecule has 0 amide bonds. The predicted octanol–water partition coefficient (Wildman–Crippen LogP) is -1.38. The van der Waals surface area contributed by atoms with E-state index < -0.39 is 25.1 Å². The molecular weight excluding hydrogens is 299 g/mol. The molecule has 1 heterocycles. The maximum absolute atomic E-state index is 12.4. The summed E-state index contributed by atoms with van der Waals surface area (Å²) in [5.74, 6) is 0. The van der Waals surface area contributed by atoms with E-state index in [-0.39, 0.29) is 4.46 Å². The molecule has 5 nitrogen and oxygen atoms in total. The fraction of sp³-hybridized carbons (Fsp3) is 0.167. The van der Waals surface area contributed by atoms with Gasteiger partial charge in [0.25, 0.3) is 0 Å². The molecule has 94 valence electrons. The van der Waals surface area contributed by atoms with Gasteiger partial charge >= 0.3 is 107 Å². The SMILES string of the molecule is Cn1cc([Se](=O)c2ccccc2)c(=O)n(C)c1=O. The Morgan fingerprint density at radius 2 is 1.67 bits per heavy atom. The van der Waals surface area contributed by atoms with Gasteiger partial charge in [0.1, 0.15) is 0 Å². The van der Waals surface area contributed by atoms with Crippen LogP contribution in [-0.2, 0) is 17.9 Å². The molecule has 1 atom stereocenters. The molecule has 18 heavy (non-hydrogen) atoms. The van der Waals surface area contributed by atoms with Gasteiger partial charge in [-0.3, -0.25) is 0 Å². The summed E-state index contributed by atoms with van der Waals surface area (Å²) in [6, 6.07) is 8.82. The molecule has 0 aliphatic heterocycles. The molecule has 1 unspecified atom stereocenters. The zero-order chi connectivity index (χ0) is 13.3. The average Bonchev–Trinajstić information content (AvgIpc) is 2.41. The minimum atomic E-state index is -2.63. The van der Waals surface area contributed by atoms with Crippen LogP contribution >= 0.6 is 0 Å². The Bertz CT molecular complexity index is 716. The monoisotopic (exact) mass is 312 g/mol. The first-order valence-electron chi connectivity index (χ1n) is 5.26. The summed E-state index contributed by atoms with van der Waals surface area (Å²) in [4.78, 5) is 23.5. The van der Waals surface area contributed by atoms with Gasteiger partial charge in [-0.15, -0.1) is 0 Å². The van der Waals surface area contributed by atoms with Gasteiger partial charge in [-0.2, -0.15) is 0 Å². The Balaban J connectivity index is 2.64. The van der Waals surface area contributed by atoms with E-state index in [1.165, 1.54) is 24.9 Å². The van der Waals surface area contributed by atoms with Gasteiger partial charge in [0.2, 0.25) is 0 Å². The summed E-state index contributed by atoms with van der Waals surface area (Å²) < 4.78 is 15.4. The van der Waals surface area contributed by atoms with Crippen LogP contribution in [0.15, 0.2) is 46.1 Å². The summed E-state index contributed by atoms with van der Waals surface area (Å²) in [6.07, 6.45) is 1.37. The number of hydrogen-bond donors (Lipinski definition) is 0. The molecule has 1 aromatic carbocycles. The zero-order valence-electron chi connectivity index (χ0n) is 9.99. The van der Waals surface area contributed by atoms with Crippen molar-refractivity contribution in [3.05, 3.63) is 57.4 Å². The van der Waals surface area contributed by atoms with Crippen molar-refractivity contribution in [2.24, 2.45) is 14.1 Å². The number of rotatable bonds is 2. The Kier molecular flexibility index (Phi) is 3.41. The van der Waals surface area contributed by atoms with E-state index in [4.69, 9.17) is 0 Å². The third-order valence-electron chi connectivity index (χ3n) is 2.57. The summed E-state index contributed by atoms with van der Waals surface area (Å²) in [6.45, 7) is 0. The van der Waals surface area contributed by atoms with Gasteiger partial charge in [-0.1, -0.05) is 0 Å². The molecule has 0 spiro atoms. The third-order valence-corrected chi connectivity index (χ3v) is 5.47. The van der Waals surface area contributed by atoms with Gasteiger partial charge in [-0.25, -0.2) is 0 Å². The molecule has 0 bridgehead atoms. The van der Waals surface area contributed by atoms with Crippen molar-refractivity contribution in [3.63, 3.8) is 0 Å². The molecule has 2 rings (SSSR count). The molecule has 0 N–H and O–H groups in total. The minimum absolute atomic E-state index is 0.200. The van der Waals surface area contributed by atoms with Crippen LogP contribution in [0.3, 0.4) is 0 Å². The van der Waals surface area contributed by atoms with Crippen LogP contribution in [0.4, 0.5) is 0 Å². The van der Waals surface area contributed by atoms with E-state index in [9.17, 15) is 13.4 Å². The third kappa shape index (κ3) is 2.12. The van der Waals surface area contributed by atoms with Gasteiger partial charge < -0.3 is 0 Å². The van der Waals surface area contributed by atoms with Crippen molar-refractivity contribution in [1.29, 1.82) is 0 Å². The van der Waals surface area contributed by atoms with Crippen molar-refractivity contribution in [1.82, 2.24) is 9.13 Å². The van der Waals surface area contributed by atoms with Crippen molar-refractivity contribution in [2.45, 2.75) is 0 Å². The predicted molar refractivity (Wildman–Crippen MR) is 69.1 cm³/mol. The Morgan fingerprint density at radius 3 is 2.28 bits per heavy atom. The number of benzene rings is 1. The molecular formula is C12H12N2O3Se. The van der Waals surface area contributed by atoms with Gasteiger partial charge in [0.15, 0.2) is 0 Å². The first-order valence-corrected chi connectivity index (χ1v) is 7.67. The van der Waals surface area contributed by atoms with E-state index in [1.54, 1.807) is 24.3 Å².